The maximum atomic E-state index is 12.8. The van der Waals surface area contributed by atoms with Crippen LogP contribution in [0.1, 0.15) is 37.7 Å². The molecule has 0 amide bonds. The van der Waals surface area contributed by atoms with Gasteiger partial charge in [-0.05, 0) is 24.5 Å². The summed E-state index contributed by atoms with van der Waals surface area (Å²) in [6, 6.07) is 11.8. The summed E-state index contributed by atoms with van der Waals surface area (Å²) in [6.07, 6.45) is 4.95. The van der Waals surface area contributed by atoms with Gasteiger partial charge in [-0.25, -0.2) is 13.1 Å². The fourth-order valence-electron chi connectivity index (χ4n) is 4.25. The number of aromatic nitrogens is 3. The summed E-state index contributed by atoms with van der Waals surface area (Å²) >= 11 is 6.37. The molecule has 11 heteroatoms. The monoisotopic (exact) mass is 548 g/mol. The van der Waals surface area contributed by atoms with Crippen LogP contribution in [0.15, 0.2) is 41.2 Å². The molecule has 1 aliphatic heterocycles. The van der Waals surface area contributed by atoms with E-state index in [2.05, 4.69) is 22.2 Å². The zero-order chi connectivity index (χ0) is 26.3. The zero-order valence-electron chi connectivity index (χ0n) is 21.1. The first-order valence-corrected chi connectivity index (χ1v) is 14.8. The van der Waals surface area contributed by atoms with Gasteiger partial charge >= 0.3 is 0 Å². The van der Waals surface area contributed by atoms with E-state index in [1.807, 2.05) is 23.1 Å². The highest BCUT2D eigenvalue weighted by atomic mass is 35.5. The molecule has 0 aliphatic carbocycles. The summed E-state index contributed by atoms with van der Waals surface area (Å²) < 4.78 is 36.6. The summed E-state index contributed by atoms with van der Waals surface area (Å²) in [5.41, 5.74) is 0.840. The Morgan fingerprint density at radius 1 is 1.00 bits per heavy atom. The summed E-state index contributed by atoms with van der Waals surface area (Å²) in [5.74, 6) is 0.857. The predicted molar refractivity (Wildman–Crippen MR) is 145 cm³/mol. The van der Waals surface area contributed by atoms with Gasteiger partial charge < -0.3 is 14.4 Å². The quantitative estimate of drug-likeness (QED) is 0.315. The molecule has 4 rings (SSSR count). The third-order valence-corrected chi connectivity index (χ3v) is 8.28. The first-order chi connectivity index (χ1) is 17.8. The number of unbranched alkanes of at least 4 members (excludes halogenated alkanes) is 4. The number of rotatable bonds is 12. The Labute approximate surface area is 222 Å². The maximum Gasteiger partial charge on any atom is 0.279 e. The third-order valence-electron chi connectivity index (χ3n) is 6.39. The Balaban J connectivity index is 1.30. The summed E-state index contributed by atoms with van der Waals surface area (Å²) in [6.45, 7) is 2.44. The van der Waals surface area contributed by atoms with Crippen molar-refractivity contribution in [1.29, 1.82) is 0 Å². The van der Waals surface area contributed by atoms with E-state index in [0.717, 1.165) is 38.7 Å². The third kappa shape index (κ3) is 7.43. The second kappa shape index (κ2) is 12.7. The van der Waals surface area contributed by atoms with Crippen molar-refractivity contribution in [3.63, 3.8) is 0 Å². The van der Waals surface area contributed by atoms with E-state index in [-0.39, 0.29) is 33.5 Å². The minimum Gasteiger partial charge on any atom is -0.477 e. The minimum atomic E-state index is -3.04. The number of fused-ring (bicyclic) bond motifs is 1. The van der Waals surface area contributed by atoms with Crippen LogP contribution in [0.5, 0.6) is 5.88 Å². The zero-order valence-corrected chi connectivity index (χ0v) is 22.6. The molecule has 0 radical (unpaired) electrons. The van der Waals surface area contributed by atoms with Crippen LogP contribution in [0, 0.1) is 0 Å². The number of halogens is 1. The Morgan fingerprint density at radius 2 is 1.68 bits per heavy atom. The molecule has 9 nitrogen and oxygen atoms in total. The van der Waals surface area contributed by atoms with Crippen LogP contribution in [0.3, 0.4) is 0 Å². The van der Waals surface area contributed by atoms with Gasteiger partial charge in [0.05, 0.1) is 24.7 Å². The van der Waals surface area contributed by atoms with Crippen LogP contribution in [-0.4, -0.2) is 61.0 Å². The molecule has 3 heterocycles. The van der Waals surface area contributed by atoms with Crippen molar-refractivity contribution < 1.29 is 17.9 Å². The van der Waals surface area contributed by atoms with Gasteiger partial charge in [0, 0.05) is 32.1 Å². The van der Waals surface area contributed by atoms with Crippen molar-refractivity contribution in [2.45, 2.75) is 38.7 Å². The number of ether oxygens (including phenoxy) is 2. The normalized spacial score (nSPS) is 15.2. The minimum absolute atomic E-state index is 0.0583. The first-order valence-electron chi connectivity index (χ1n) is 12.6. The van der Waals surface area contributed by atoms with Crippen LogP contribution in [0.4, 0.5) is 5.82 Å². The summed E-state index contributed by atoms with van der Waals surface area (Å²) in [7, 11) is -1.51. The largest absolute Gasteiger partial charge is 0.477 e. The molecule has 0 N–H and O–H groups in total. The molecule has 0 saturated carbocycles. The Hall–Kier alpha value is -2.69. The average molecular weight is 549 g/mol. The summed E-state index contributed by atoms with van der Waals surface area (Å²) in [4.78, 5) is 19.3. The van der Waals surface area contributed by atoms with Crippen molar-refractivity contribution in [2.75, 3.05) is 42.7 Å². The molecule has 200 valence electrons. The van der Waals surface area contributed by atoms with Crippen LogP contribution >= 0.6 is 11.6 Å². The number of hydrogen-bond acceptors (Lipinski definition) is 8. The molecule has 0 unspecified atom stereocenters. The van der Waals surface area contributed by atoms with E-state index >= 15 is 0 Å². The smallest absolute Gasteiger partial charge is 0.279 e. The molecule has 1 saturated heterocycles. The first kappa shape index (κ1) is 27.3. The number of benzene rings is 1. The molecule has 1 aliphatic rings. The van der Waals surface area contributed by atoms with E-state index in [1.165, 1.54) is 17.3 Å². The number of nitrogens with zero attached hydrogens (tertiary/aromatic N) is 4. The number of sulfone groups is 1. The van der Waals surface area contributed by atoms with Crippen molar-refractivity contribution in [3.8, 4) is 5.88 Å². The van der Waals surface area contributed by atoms with E-state index in [1.54, 1.807) is 6.07 Å². The highest BCUT2D eigenvalue weighted by Crippen LogP contribution is 2.30. The van der Waals surface area contributed by atoms with Gasteiger partial charge in [0.2, 0.25) is 5.88 Å². The molecule has 0 bridgehead atoms. The van der Waals surface area contributed by atoms with Gasteiger partial charge in [-0.15, -0.1) is 0 Å². The maximum absolute atomic E-state index is 12.8. The lowest BCUT2D eigenvalue weighted by Crippen LogP contribution is -2.40. The van der Waals surface area contributed by atoms with Gasteiger partial charge in [0.15, 0.2) is 15.0 Å². The van der Waals surface area contributed by atoms with Gasteiger partial charge in [-0.1, -0.05) is 61.2 Å². The fraction of sp³-hybridized carbons (Fsp3) is 0.500. The second-order valence-electron chi connectivity index (χ2n) is 9.22. The predicted octanol–water partition coefficient (Wildman–Crippen LogP) is 3.76. The Bertz CT molecular complexity index is 1350. The highest BCUT2D eigenvalue weighted by Gasteiger charge is 2.25. The molecule has 0 spiro atoms. The van der Waals surface area contributed by atoms with Crippen LogP contribution in [0.2, 0.25) is 5.15 Å². The van der Waals surface area contributed by atoms with Gasteiger partial charge in [-0.3, -0.25) is 4.79 Å². The fourth-order valence-corrected chi connectivity index (χ4v) is 5.71. The van der Waals surface area contributed by atoms with Crippen LogP contribution in [0.25, 0.3) is 10.8 Å². The lowest BCUT2D eigenvalue weighted by molar-refractivity contribution is 0.116. The highest BCUT2D eigenvalue weighted by molar-refractivity contribution is 7.91. The van der Waals surface area contributed by atoms with Gasteiger partial charge in [-0.2, -0.15) is 10.1 Å². The lowest BCUT2D eigenvalue weighted by Gasteiger charge is -2.28. The standard InChI is InChI=1S/C26H33ClN4O5S/c1-30-26(32)23-21(24(27)29-30)18-22(31-12-16-37(33,34)17-13-31)28-25(23)36-15-9-4-2-3-8-14-35-19-20-10-6-5-7-11-20/h5-7,10-11,18H,2-4,8-9,12-17,19H2,1H3. The summed E-state index contributed by atoms with van der Waals surface area (Å²) in [5, 5.41) is 4.99. The molecule has 1 aromatic carbocycles. The van der Waals surface area contributed by atoms with E-state index in [0.29, 0.717) is 37.5 Å². The molecule has 37 heavy (non-hydrogen) atoms. The molecule has 1 fully saturated rings. The SMILES string of the molecule is Cn1nc(Cl)c2cc(N3CCS(=O)(=O)CC3)nc(OCCCCCCCOCc3ccccc3)c2c1=O. The second-order valence-corrected chi connectivity index (χ2v) is 11.9. The number of aryl methyl sites for hydroxylation is 1. The number of hydrogen-bond donors (Lipinski definition) is 0. The molecular weight excluding hydrogens is 516 g/mol. The van der Waals surface area contributed by atoms with Crippen molar-refractivity contribution in [3.05, 3.63) is 57.5 Å². The van der Waals surface area contributed by atoms with Gasteiger partial charge in [0.25, 0.3) is 5.56 Å². The van der Waals surface area contributed by atoms with E-state index < -0.39 is 9.84 Å². The Kier molecular flexibility index (Phi) is 9.39. The lowest BCUT2D eigenvalue weighted by atomic mass is 10.1. The molecule has 2 aromatic heterocycles. The average Bonchev–Trinajstić information content (AvgIpc) is 2.88. The number of anilines is 1. The Morgan fingerprint density at radius 3 is 2.41 bits per heavy atom. The van der Waals surface area contributed by atoms with Crippen molar-refractivity contribution in [2.24, 2.45) is 7.05 Å². The van der Waals surface area contributed by atoms with E-state index in [9.17, 15) is 13.2 Å². The van der Waals surface area contributed by atoms with Crippen molar-refractivity contribution in [1.82, 2.24) is 14.8 Å². The van der Waals surface area contributed by atoms with E-state index in [4.69, 9.17) is 21.1 Å². The van der Waals surface area contributed by atoms with Crippen LogP contribution in [-0.2, 0) is 28.2 Å². The van der Waals surface area contributed by atoms with Gasteiger partial charge in [0.1, 0.15) is 11.2 Å². The molecule has 0 atom stereocenters. The van der Waals surface area contributed by atoms with Crippen LogP contribution < -0.4 is 15.2 Å². The molecule has 3 aromatic rings. The van der Waals surface area contributed by atoms with Crippen molar-refractivity contribution >= 4 is 38.0 Å². The molecular formula is C26H33ClN4O5S. The number of pyridine rings is 1. The topological polar surface area (TPSA) is 104 Å².